The van der Waals surface area contributed by atoms with Crippen molar-refractivity contribution in [2.24, 2.45) is 11.7 Å². The molecule has 36 heavy (non-hydrogen) atoms. The summed E-state index contributed by atoms with van der Waals surface area (Å²) in [6.45, 7) is 4.57. The maximum atomic E-state index is 13.2. The first-order valence-electron chi connectivity index (χ1n) is 11.6. The predicted molar refractivity (Wildman–Crippen MR) is 130 cm³/mol. The van der Waals surface area contributed by atoms with Gasteiger partial charge in [0.15, 0.2) is 6.04 Å². The summed E-state index contributed by atoms with van der Waals surface area (Å²) in [5.74, 6) is -3.84. The molecule has 0 saturated carbocycles. The van der Waals surface area contributed by atoms with Gasteiger partial charge in [-0.15, -0.1) is 0 Å². The number of aliphatic hydroxyl groups excluding tert-OH is 1. The van der Waals surface area contributed by atoms with Crippen LogP contribution in [0.3, 0.4) is 0 Å². The number of hydrogen-bond acceptors (Lipinski definition) is 7. The van der Waals surface area contributed by atoms with Gasteiger partial charge in [0.05, 0.1) is 18.5 Å². The van der Waals surface area contributed by atoms with Crippen molar-refractivity contribution in [1.82, 2.24) is 25.9 Å². The second-order valence-electron chi connectivity index (χ2n) is 8.93. The number of rotatable bonds is 13. The van der Waals surface area contributed by atoms with Crippen LogP contribution in [-0.2, 0) is 32.0 Å². The van der Waals surface area contributed by atoms with Crippen molar-refractivity contribution in [3.63, 3.8) is 0 Å². The monoisotopic (exact) mass is 502 g/mol. The molecule has 1 aromatic carbocycles. The molecule has 5 atom stereocenters. The van der Waals surface area contributed by atoms with Gasteiger partial charge in [-0.25, -0.2) is 9.78 Å². The van der Waals surface area contributed by atoms with Crippen molar-refractivity contribution in [3.05, 3.63) is 54.1 Å². The Kier molecular flexibility index (Phi) is 10.6. The first-order chi connectivity index (χ1) is 17.0. The number of carboxylic acid groups (broad SMARTS) is 1. The Morgan fingerprint density at radius 1 is 0.944 bits per heavy atom. The first-order valence-corrected chi connectivity index (χ1v) is 11.6. The zero-order valence-corrected chi connectivity index (χ0v) is 20.5. The van der Waals surface area contributed by atoms with Gasteiger partial charge in [-0.05, 0) is 24.8 Å². The van der Waals surface area contributed by atoms with E-state index >= 15 is 0 Å². The minimum absolute atomic E-state index is 0.0491. The number of amides is 3. The summed E-state index contributed by atoms with van der Waals surface area (Å²) in [5.41, 5.74) is 7.50. The van der Waals surface area contributed by atoms with E-state index in [0.29, 0.717) is 5.69 Å². The van der Waals surface area contributed by atoms with E-state index < -0.39 is 59.9 Å². The lowest BCUT2D eigenvalue weighted by Gasteiger charge is -2.27. The van der Waals surface area contributed by atoms with E-state index in [-0.39, 0.29) is 12.8 Å². The fourth-order valence-corrected chi connectivity index (χ4v) is 3.49. The molecule has 0 spiro atoms. The fourth-order valence-electron chi connectivity index (χ4n) is 3.49. The van der Waals surface area contributed by atoms with Gasteiger partial charge in [0.2, 0.25) is 17.7 Å². The lowest BCUT2D eigenvalue weighted by molar-refractivity contribution is -0.145. The lowest BCUT2D eigenvalue weighted by atomic mass is 10.0. The maximum absolute atomic E-state index is 13.2. The zero-order valence-electron chi connectivity index (χ0n) is 20.5. The van der Waals surface area contributed by atoms with Crippen molar-refractivity contribution in [3.8, 4) is 0 Å². The molecule has 12 heteroatoms. The maximum Gasteiger partial charge on any atom is 0.328 e. The molecule has 0 saturated heterocycles. The molecular formula is C24H34N6O6. The van der Waals surface area contributed by atoms with Crippen LogP contribution in [0.25, 0.3) is 0 Å². The number of nitrogens with two attached hydrogens (primary N) is 1. The van der Waals surface area contributed by atoms with Gasteiger partial charge in [-0.1, -0.05) is 44.2 Å². The number of carbonyl (C=O) groups is 4. The summed E-state index contributed by atoms with van der Waals surface area (Å²) < 4.78 is 0. The fraction of sp³-hybridized carbons (Fsp3) is 0.458. The number of carboxylic acids is 1. The SMILES string of the molecule is CC(C)C(NC(=O)C(Cc1cnc[nH]1)NC(=O)C(N)Cc1ccccc1)C(=O)NC(C(=O)O)C(C)O. The number of nitrogens with one attached hydrogen (secondary N) is 4. The van der Waals surface area contributed by atoms with E-state index in [9.17, 15) is 29.4 Å². The van der Waals surface area contributed by atoms with Crippen LogP contribution in [-0.4, -0.2) is 74.1 Å². The van der Waals surface area contributed by atoms with E-state index in [1.165, 1.54) is 19.4 Å². The average Bonchev–Trinajstić information content (AvgIpc) is 3.33. The van der Waals surface area contributed by atoms with Gasteiger partial charge in [0.25, 0.3) is 0 Å². The lowest BCUT2D eigenvalue weighted by Crippen LogP contribution is -2.60. The Hall–Kier alpha value is -3.77. The van der Waals surface area contributed by atoms with Crippen LogP contribution >= 0.6 is 0 Å². The topological polar surface area (TPSA) is 200 Å². The number of benzene rings is 1. The largest absolute Gasteiger partial charge is 0.480 e. The van der Waals surface area contributed by atoms with Crippen molar-refractivity contribution in [2.75, 3.05) is 0 Å². The number of carbonyl (C=O) groups excluding carboxylic acids is 3. The molecule has 2 aromatic rings. The number of aromatic nitrogens is 2. The normalized spacial score (nSPS) is 15.3. The molecular weight excluding hydrogens is 468 g/mol. The molecule has 0 aliphatic heterocycles. The number of hydrogen-bond donors (Lipinski definition) is 7. The van der Waals surface area contributed by atoms with Crippen LogP contribution in [0.2, 0.25) is 0 Å². The van der Waals surface area contributed by atoms with E-state index in [1.807, 2.05) is 30.3 Å². The van der Waals surface area contributed by atoms with Crippen molar-refractivity contribution < 1.29 is 29.4 Å². The van der Waals surface area contributed by atoms with Crippen LogP contribution in [0, 0.1) is 5.92 Å². The number of H-pyrrole nitrogens is 1. The Labute approximate surface area is 209 Å². The quantitative estimate of drug-likeness (QED) is 0.183. The smallest absolute Gasteiger partial charge is 0.328 e. The number of aliphatic hydroxyl groups is 1. The second kappa shape index (κ2) is 13.4. The summed E-state index contributed by atoms with van der Waals surface area (Å²) in [5, 5.41) is 26.4. The highest BCUT2D eigenvalue weighted by Crippen LogP contribution is 2.08. The molecule has 0 fully saturated rings. The number of nitrogens with zero attached hydrogens (tertiary/aromatic N) is 1. The second-order valence-corrected chi connectivity index (χ2v) is 8.93. The molecule has 196 valence electrons. The zero-order chi connectivity index (χ0) is 26.8. The summed E-state index contributed by atoms with van der Waals surface area (Å²) in [6, 6.07) is 4.50. The highest BCUT2D eigenvalue weighted by molar-refractivity contribution is 5.94. The third-order valence-corrected chi connectivity index (χ3v) is 5.54. The molecule has 0 aliphatic carbocycles. The van der Waals surface area contributed by atoms with Gasteiger partial charge in [0.1, 0.15) is 12.1 Å². The molecule has 0 radical (unpaired) electrons. The highest BCUT2D eigenvalue weighted by atomic mass is 16.4. The van der Waals surface area contributed by atoms with Gasteiger partial charge < -0.3 is 36.9 Å². The Balaban J connectivity index is 2.15. The summed E-state index contributed by atoms with van der Waals surface area (Å²) in [6.07, 6.45) is 1.89. The van der Waals surface area contributed by atoms with E-state index in [0.717, 1.165) is 5.56 Å². The summed E-state index contributed by atoms with van der Waals surface area (Å²) in [4.78, 5) is 57.0. The van der Waals surface area contributed by atoms with Crippen LogP contribution < -0.4 is 21.7 Å². The van der Waals surface area contributed by atoms with E-state index in [2.05, 4.69) is 25.9 Å². The van der Waals surface area contributed by atoms with Crippen LogP contribution in [0.1, 0.15) is 32.0 Å². The number of imidazole rings is 1. The van der Waals surface area contributed by atoms with Crippen molar-refractivity contribution in [1.29, 1.82) is 0 Å². The third-order valence-electron chi connectivity index (χ3n) is 5.54. The molecule has 1 aromatic heterocycles. The minimum Gasteiger partial charge on any atom is -0.480 e. The number of aromatic amines is 1. The molecule has 12 nitrogen and oxygen atoms in total. The van der Waals surface area contributed by atoms with Gasteiger partial charge in [-0.3, -0.25) is 14.4 Å². The molecule has 3 amide bonds. The van der Waals surface area contributed by atoms with Gasteiger partial charge in [-0.2, -0.15) is 0 Å². The minimum atomic E-state index is -1.55. The molecule has 5 unspecified atom stereocenters. The average molecular weight is 503 g/mol. The molecule has 1 heterocycles. The van der Waals surface area contributed by atoms with Gasteiger partial charge in [0, 0.05) is 18.3 Å². The van der Waals surface area contributed by atoms with Crippen LogP contribution in [0.5, 0.6) is 0 Å². The molecule has 8 N–H and O–H groups in total. The molecule has 2 rings (SSSR count). The van der Waals surface area contributed by atoms with Crippen LogP contribution in [0.4, 0.5) is 0 Å². The standard InChI is InChI=1S/C24H34N6O6/c1-13(2)19(23(34)30-20(14(3)31)24(35)36)29-22(33)18(10-16-11-26-12-27-16)28-21(32)17(25)9-15-7-5-4-6-8-15/h4-8,11-14,17-20,31H,9-10,25H2,1-3H3,(H,26,27)(H,28,32)(H,29,33)(H,30,34)(H,35,36). The number of aliphatic carboxylic acids is 1. The summed E-state index contributed by atoms with van der Waals surface area (Å²) >= 11 is 0. The van der Waals surface area contributed by atoms with Crippen molar-refractivity contribution >= 4 is 23.7 Å². The Morgan fingerprint density at radius 2 is 1.58 bits per heavy atom. The van der Waals surface area contributed by atoms with Crippen LogP contribution in [0.15, 0.2) is 42.9 Å². The predicted octanol–water partition coefficient (Wildman–Crippen LogP) is -0.902. The van der Waals surface area contributed by atoms with Gasteiger partial charge >= 0.3 is 5.97 Å². The molecule has 0 aliphatic rings. The highest BCUT2D eigenvalue weighted by Gasteiger charge is 2.33. The Morgan fingerprint density at radius 3 is 2.11 bits per heavy atom. The Bertz CT molecular complexity index is 1010. The first kappa shape index (κ1) is 28.5. The van der Waals surface area contributed by atoms with E-state index in [1.54, 1.807) is 13.8 Å². The third kappa shape index (κ3) is 8.47. The van der Waals surface area contributed by atoms with E-state index in [4.69, 9.17) is 5.73 Å². The summed E-state index contributed by atoms with van der Waals surface area (Å²) in [7, 11) is 0. The molecule has 0 bridgehead atoms. The van der Waals surface area contributed by atoms with Crippen molar-refractivity contribution in [2.45, 2.75) is 63.9 Å².